The van der Waals surface area contributed by atoms with Crippen LogP contribution < -0.4 is 18.9 Å². The van der Waals surface area contributed by atoms with Crippen LogP contribution in [0.5, 0.6) is 23.0 Å². The number of rotatable bonds is 11. The van der Waals surface area contributed by atoms with Crippen molar-refractivity contribution in [1.82, 2.24) is 0 Å². The molecule has 32 heavy (non-hydrogen) atoms. The quantitative estimate of drug-likeness (QED) is 0.406. The zero-order chi connectivity index (χ0) is 23.1. The molecular weight excluding hydrogens is 408 g/mol. The number of ether oxygens (including phenoxy) is 4. The Balaban J connectivity index is 1.82. The number of hydrogen-bond acceptors (Lipinski definition) is 6. The van der Waals surface area contributed by atoms with Gasteiger partial charge in [0.05, 0.1) is 12.2 Å². The van der Waals surface area contributed by atoms with Crippen molar-refractivity contribution in [2.75, 3.05) is 19.8 Å². The van der Waals surface area contributed by atoms with E-state index in [1.165, 1.54) is 0 Å². The van der Waals surface area contributed by atoms with Gasteiger partial charge in [-0.1, -0.05) is 25.3 Å². The predicted molar refractivity (Wildman–Crippen MR) is 123 cm³/mol. The first kappa shape index (κ1) is 23.4. The number of benzene rings is 2. The second-order valence-electron chi connectivity index (χ2n) is 8.12. The average molecular weight is 439 g/mol. The molecule has 2 aromatic rings. The van der Waals surface area contributed by atoms with E-state index in [-0.39, 0.29) is 31.2 Å². The third kappa shape index (κ3) is 5.51. The van der Waals surface area contributed by atoms with Gasteiger partial charge in [-0.15, -0.1) is 0 Å². The van der Waals surface area contributed by atoms with Crippen LogP contribution in [0.1, 0.15) is 41.8 Å². The number of fused-ring (bicyclic) bond motifs is 1. The van der Waals surface area contributed by atoms with Gasteiger partial charge in [0.15, 0.2) is 6.61 Å². The largest absolute Gasteiger partial charge is 0.489 e. The Morgan fingerprint density at radius 2 is 1.88 bits per heavy atom. The lowest BCUT2D eigenvalue weighted by atomic mass is 9.92. The molecular formula is C26H30O6. The van der Waals surface area contributed by atoms with Crippen LogP contribution in [0, 0.1) is 0 Å². The summed E-state index contributed by atoms with van der Waals surface area (Å²) in [6.07, 6.45) is 4.79. The Labute approximate surface area is 189 Å². The van der Waals surface area contributed by atoms with Gasteiger partial charge in [0, 0.05) is 17.2 Å². The van der Waals surface area contributed by atoms with Crippen molar-refractivity contribution in [3.05, 3.63) is 72.3 Å². The molecule has 0 spiro atoms. The molecule has 1 aliphatic rings. The molecule has 6 heteroatoms. The van der Waals surface area contributed by atoms with Gasteiger partial charge in [-0.25, -0.2) is 0 Å². The van der Waals surface area contributed by atoms with E-state index >= 15 is 0 Å². The molecule has 0 atom stereocenters. The van der Waals surface area contributed by atoms with Crippen molar-refractivity contribution in [2.45, 2.75) is 38.9 Å². The summed E-state index contributed by atoms with van der Waals surface area (Å²) in [6.45, 7) is 11.6. The minimum atomic E-state index is -0.270. The maximum Gasteiger partial charge on any atom is 0.203 e. The lowest BCUT2D eigenvalue weighted by Gasteiger charge is -2.33. The molecule has 6 nitrogen and oxygen atoms in total. The lowest BCUT2D eigenvalue weighted by molar-refractivity contribution is 0.0813. The molecule has 1 N–H and O–H groups in total. The van der Waals surface area contributed by atoms with Crippen molar-refractivity contribution < 1.29 is 28.8 Å². The van der Waals surface area contributed by atoms with E-state index in [0.29, 0.717) is 35.0 Å². The van der Waals surface area contributed by atoms with Crippen LogP contribution in [0.4, 0.5) is 0 Å². The van der Waals surface area contributed by atoms with Gasteiger partial charge in [0.1, 0.15) is 41.8 Å². The maximum atomic E-state index is 13.0. The first-order chi connectivity index (χ1) is 15.4. The summed E-state index contributed by atoms with van der Waals surface area (Å²) in [4.78, 5) is 13.0. The summed E-state index contributed by atoms with van der Waals surface area (Å²) in [5, 5.41) is 9.79. The van der Waals surface area contributed by atoms with Crippen LogP contribution in [0.15, 0.2) is 55.6 Å². The number of Topliss-reactive ketones (excluding diaryl/α,β-unsaturated/α-hetero) is 1. The van der Waals surface area contributed by atoms with Crippen molar-refractivity contribution in [1.29, 1.82) is 0 Å². The van der Waals surface area contributed by atoms with Crippen LogP contribution in [0.25, 0.3) is 0 Å². The van der Waals surface area contributed by atoms with Crippen LogP contribution in [0.3, 0.4) is 0 Å². The molecule has 1 aliphatic heterocycles. The summed E-state index contributed by atoms with van der Waals surface area (Å²) >= 11 is 0. The summed E-state index contributed by atoms with van der Waals surface area (Å²) in [6, 6.07) is 8.64. The maximum absolute atomic E-state index is 13.0. The van der Waals surface area contributed by atoms with E-state index in [2.05, 4.69) is 13.2 Å². The topological polar surface area (TPSA) is 74.2 Å². The van der Waals surface area contributed by atoms with Crippen LogP contribution in [-0.4, -0.2) is 36.3 Å². The fourth-order valence-electron chi connectivity index (χ4n) is 3.53. The van der Waals surface area contributed by atoms with Crippen LogP contribution in [-0.2, 0) is 13.0 Å². The van der Waals surface area contributed by atoms with E-state index in [4.69, 9.17) is 18.9 Å². The standard InChI is InChI=1S/C26H30O6/c1-5-13-29-19-8-9-20(24(15-19)30-14-6-2)22(28)17-31-25-18(16-27)7-10-23-21(25)11-12-26(3,4)32-23/h5-10,15,27H,1-2,11-14,16-17H2,3-4H3. The fourth-order valence-corrected chi connectivity index (χ4v) is 3.53. The van der Waals surface area contributed by atoms with Gasteiger partial charge in [0.25, 0.3) is 0 Å². The zero-order valence-electron chi connectivity index (χ0n) is 18.7. The summed E-state index contributed by atoms with van der Waals surface area (Å²) in [5.74, 6) is 1.94. The van der Waals surface area contributed by atoms with Gasteiger partial charge >= 0.3 is 0 Å². The monoisotopic (exact) mass is 438 g/mol. The summed E-state index contributed by atoms with van der Waals surface area (Å²) in [5.41, 5.74) is 1.61. The van der Waals surface area contributed by atoms with Crippen molar-refractivity contribution in [3.8, 4) is 23.0 Å². The average Bonchev–Trinajstić information content (AvgIpc) is 2.78. The third-order valence-corrected chi connectivity index (χ3v) is 5.16. The van der Waals surface area contributed by atoms with Crippen LogP contribution in [0.2, 0.25) is 0 Å². The lowest BCUT2D eigenvalue weighted by Crippen LogP contribution is -2.33. The molecule has 0 aromatic heterocycles. The second-order valence-corrected chi connectivity index (χ2v) is 8.12. The van der Waals surface area contributed by atoms with Crippen molar-refractivity contribution in [3.63, 3.8) is 0 Å². The molecule has 1 heterocycles. The molecule has 2 aromatic carbocycles. The molecule has 3 rings (SSSR count). The SMILES string of the molecule is C=CCOc1ccc(C(=O)COc2c(CO)ccc3c2CCC(C)(C)O3)c(OCC=C)c1. The van der Waals surface area contributed by atoms with Gasteiger partial charge in [-0.3, -0.25) is 4.79 Å². The molecule has 0 radical (unpaired) electrons. The highest BCUT2D eigenvalue weighted by Gasteiger charge is 2.30. The normalized spacial score (nSPS) is 14.0. The van der Waals surface area contributed by atoms with E-state index < -0.39 is 0 Å². The predicted octanol–water partition coefficient (Wildman–Crippen LogP) is 4.67. The highest BCUT2D eigenvalue weighted by molar-refractivity contribution is 6.00. The Morgan fingerprint density at radius 1 is 1.12 bits per heavy atom. The number of ketones is 1. The van der Waals surface area contributed by atoms with Gasteiger partial charge in [-0.2, -0.15) is 0 Å². The molecule has 0 unspecified atom stereocenters. The summed E-state index contributed by atoms with van der Waals surface area (Å²) < 4.78 is 23.2. The zero-order valence-corrected chi connectivity index (χ0v) is 18.7. The first-order valence-corrected chi connectivity index (χ1v) is 10.6. The number of aliphatic hydroxyl groups is 1. The summed E-state index contributed by atoms with van der Waals surface area (Å²) in [7, 11) is 0. The number of carbonyl (C=O) groups is 1. The molecule has 170 valence electrons. The van der Waals surface area contributed by atoms with Gasteiger partial charge in [-0.05, 0) is 51.0 Å². The van der Waals surface area contributed by atoms with E-state index in [9.17, 15) is 9.90 Å². The molecule has 0 saturated carbocycles. The minimum Gasteiger partial charge on any atom is -0.489 e. The Kier molecular flexibility index (Phi) is 7.59. The Hall–Kier alpha value is -3.25. The van der Waals surface area contributed by atoms with Crippen molar-refractivity contribution in [2.24, 2.45) is 0 Å². The highest BCUT2D eigenvalue weighted by atomic mass is 16.5. The Bertz CT molecular complexity index is 992. The number of hydrogen-bond donors (Lipinski definition) is 1. The van der Waals surface area contributed by atoms with Crippen molar-refractivity contribution >= 4 is 5.78 Å². The first-order valence-electron chi connectivity index (χ1n) is 10.6. The molecule has 0 fully saturated rings. The van der Waals surface area contributed by atoms with Gasteiger partial charge < -0.3 is 24.1 Å². The smallest absolute Gasteiger partial charge is 0.203 e. The molecule has 0 amide bonds. The van der Waals surface area contributed by atoms with E-state index in [0.717, 1.165) is 24.2 Å². The number of carbonyl (C=O) groups excluding carboxylic acids is 1. The Morgan fingerprint density at radius 3 is 2.59 bits per heavy atom. The second kappa shape index (κ2) is 10.4. The van der Waals surface area contributed by atoms with Gasteiger partial charge in [0.2, 0.25) is 5.78 Å². The number of aliphatic hydroxyl groups excluding tert-OH is 1. The highest BCUT2D eigenvalue weighted by Crippen LogP contribution is 2.40. The molecule has 0 aliphatic carbocycles. The fraction of sp³-hybridized carbons (Fsp3) is 0.346. The van der Waals surface area contributed by atoms with E-state index in [1.807, 2.05) is 19.9 Å². The minimum absolute atomic E-state index is 0.191. The van der Waals surface area contributed by atoms with Crippen LogP contribution >= 0.6 is 0 Å². The van der Waals surface area contributed by atoms with E-state index in [1.54, 1.807) is 36.4 Å². The third-order valence-electron chi connectivity index (χ3n) is 5.16. The molecule has 0 bridgehead atoms. The molecule has 0 saturated heterocycles.